The third-order valence-corrected chi connectivity index (χ3v) is 4.30. The van der Waals surface area contributed by atoms with Crippen molar-refractivity contribution < 1.29 is 18.4 Å². The quantitative estimate of drug-likeness (QED) is 0.491. The highest BCUT2D eigenvalue weighted by Crippen LogP contribution is 2.27. The van der Waals surface area contributed by atoms with Gasteiger partial charge in [-0.15, -0.1) is 0 Å². The molecule has 1 heterocycles. The number of aromatic nitrogens is 2. The number of hydrogen-bond donors (Lipinski definition) is 0. The molecule has 8 heteroatoms. The van der Waals surface area contributed by atoms with E-state index in [4.69, 9.17) is 4.84 Å². The van der Waals surface area contributed by atoms with Crippen LogP contribution in [0.3, 0.4) is 0 Å². The lowest BCUT2D eigenvalue weighted by Crippen LogP contribution is -2.33. The lowest BCUT2D eigenvalue weighted by atomic mass is 10.1. The molecular formula is C16H18F2IN3O2. The van der Waals surface area contributed by atoms with Gasteiger partial charge in [-0.25, -0.2) is 13.8 Å². The molecule has 2 aromatic rings. The smallest absolute Gasteiger partial charge is 0.273 e. The molecule has 0 aliphatic heterocycles. The van der Waals surface area contributed by atoms with Gasteiger partial charge in [-0.3, -0.25) is 14.3 Å². The molecule has 0 radical (unpaired) electrons. The van der Waals surface area contributed by atoms with E-state index < -0.39 is 24.1 Å². The standard InChI is InChI=1S/C16H18F2IN3O2/c1-4-21-9-13(14(20-21)15(17)18)16(23)22(24-3)10(2)11-6-5-7-12(19)8-11/h5-10,15H,4H2,1-3H3. The molecule has 1 unspecified atom stereocenters. The molecule has 0 saturated heterocycles. The van der Waals surface area contributed by atoms with Crippen molar-refractivity contribution in [2.24, 2.45) is 0 Å². The van der Waals surface area contributed by atoms with Crippen LogP contribution in [-0.2, 0) is 11.4 Å². The molecule has 0 aliphatic rings. The van der Waals surface area contributed by atoms with Crippen LogP contribution in [0.1, 0.15) is 47.9 Å². The summed E-state index contributed by atoms with van der Waals surface area (Å²) in [5.74, 6) is -0.640. The first-order valence-corrected chi connectivity index (χ1v) is 8.45. The van der Waals surface area contributed by atoms with Crippen molar-refractivity contribution in [2.75, 3.05) is 7.11 Å². The summed E-state index contributed by atoms with van der Waals surface area (Å²) in [5.41, 5.74) is 0.170. The summed E-state index contributed by atoms with van der Waals surface area (Å²) < 4.78 is 28.7. The average molecular weight is 449 g/mol. The Morgan fingerprint density at radius 2 is 2.17 bits per heavy atom. The lowest BCUT2D eigenvalue weighted by Gasteiger charge is -2.27. The van der Waals surface area contributed by atoms with Gasteiger partial charge in [-0.2, -0.15) is 5.10 Å². The molecule has 1 aromatic carbocycles. The molecule has 2 rings (SSSR count). The Kier molecular flexibility index (Phi) is 6.27. The van der Waals surface area contributed by atoms with E-state index in [1.807, 2.05) is 24.3 Å². The van der Waals surface area contributed by atoms with Crippen LogP contribution in [0, 0.1) is 3.57 Å². The molecule has 0 bridgehead atoms. The minimum Gasteiger partial charge on any atom is -0.273 e. The van der Waals surface area contributed by atoms with Gasteiger partial charge in [-0.05, 0) is 54.1 Å². The third kappa shape index (κ3) is 3.92. The van der Waals surface area contributed by atoms with Gasteiger partial charge in [0, 0.05) is 16.3 Å². The number of hydrogen-bond acceptors (Lipinski definition) is 3. The second kappa shape index (κ2) is 8.02. The number of benzene rings is 1. The number of amides is 1. The molecule has 1 atom stereocenters. The zero-order valence-corrected chi connectivity index (χ0v) is 15.7. The number of alkyl halides is 2. The number of rotatable bonds is 6. The van der Waals surface area contributed by atoms with Crippen molar-refractivity contribution in [3.8, 4) is 0 Å². The number of aryl methyl sites for hydroxylation is 1. The number of nitrogens with zero attached hydrogens (tertiary/aromatic N) is 3. The van der Waals surface area contributed by atoms with Crippen LogP contribution in [0.2, 0.25) is 0 Å². The van der Waals surface area contributed by atoms with Crippen LogP contribution < -0.4 is 0 Å². The average Bonchev–Trinajstić information content (AvgIpc) is 3.00. The van der Waals surface area contributed by atoms with E-state index in [2.05, 4.69) is 27.7 Å². The maximum Gasteiger partial charge on any atom is 0.282 e. The van der Waals surface area contributed by atoms with E-state index >= 15 is 0 Å². The Labute approximate surface area is 152 Å². The van der Waals surface area contributed by atoms with Gasteiger partial charge < -0.3 is 0 Å². The largest absolute Gasteiger partial charge is 0.282 e. The van der Waals surface area contributed by atoms with E-state index in [-0.39, 0.29) is 5.56 Å². The maximum absolute atomic E-state index is 13.2. The van der Waals surface area contributed by atoms with Crippen LogP contribution in [0.5, 0.6) is 0 Å². The van der Waals surface area contributed by atoms with Crippen LogP contribution >= 0.6 is 22.6 Å². The van der Waals surface area contributed by atoms with Gasteiger partial charge in [0.25, 0.3) is 12.3 Å². The molecule has 0 saturated carbocycles. The molecule has 1 amide bonds. The van der Waals surface area contributed by atoms with Crippen molar-refractivity contribution in [3.05, 3.63) is 50.9 Å². The predicted octanol–water partition coefficient (Wildman–Crippen LogP) is 4.21. The van der Waals surface area contributed by atoms with Gasteiger partial charge in [0.1, 0.15) is 5.69 Å². The van der Waals surface area contributed by atoms with Gasteiger partial charge >= 0.3 is 0 Å². The summed E-state index contributed by atoms with van der Waals surface area (Å²) in [6.45, 7) is 3.94. The second-order valence-corrected chi connectivity index (χ2v) is 6.37. The Morgan fingerprint density at radius 3 is 2.71 bits per heavy atom. The molecule has 0 N–H and O–H groups in total. The monoisotopic (exact) mass is 449 g/mol. The Bertz CT molecular complexity index is 721. The summed E-state index contributed by atoms with van der Waals surface area (Å²) in [6, 6.07) is 7.12. The van der Waals surface area contributed by atoms with Gasteiger partial charge in [0.2, 0.25) is 0 Å². The predicted molar refractivity (Wildman–Crippen MR) is 93.6 cm³/mol. The topological polar surface area (TPSA) is 47.4 Å². The Morgan fingerprint density at radius 1 is 1.46 bits per heavy atom. The molecule has 1 aromatic heterocycles. The number of carbonyl (C=O) groups is 1. The number of carbonyl (C=O) groups excluding carboxylic acids is 1. The first kappa shape index (κ1) is 18.8. The van der Waals surface area contributed by atoms with Gasteiger partial charge in [0.15, 0.2) is 0 Å². The van der Waals surface area contributed by atoms with Crippen molar-refractivity contribution in [3.63, 3.8) is 0 Å². The van der Waals surface area contributed by atoms with E-state index in [0.29, 0.717) is 6.54 Å². The van der Waals surface area contributed by atoms with Crippen LogP contribution in [0.15, 0.2) is 30.5 Å². The molecular weight excluding hydrogens is 431 g/mol. The highest BCUT2D eigenvalue weighted by atomic mass is 127. The second-order valence-electron chi connectivity index (χ2n) is 5.13. The summed E-state index contributed by atoms with van der Waals surface area (Å²) in [5, 5.41) is 4.87. The van der Waals surface area contributed by atoms with Crippen molar-refractivity contribution >= 4 is 28.5 Å². The molecule has 0 aliphatic carbocycles. The molecule has 0 fully saturated rings. The Hall–Kier alpha value is -1.55. The fraction of sp³-hybridized carbons (Fsp3) is 0.375. The molecule has 0 spiro atoms. The number of halogens is 3. The first-order chi connectivity index (χ1) is 11.4. The zero-order valence-electron chi connectivity index (χ0n) is 13.5. The van der Waals surface area contributed by atoms with Crippen molar-refractivity contribution in [2.45, 2.75) is 32.9 Å². The lowest BCUT2D eigenvalue weighted by molar-refractivity contribution is -0.121. The van der Waals surface area contributed by atoms with Gasteiger partial charge in [-0.1, -0.05) is 12.1 Å². The van der Waals surface area contributed by atoms with E-state index in [1.165, 1.54) is 18.0 Å². The maximum atomic E-state index is 13.2. The minimum absolute atomic E-state index is 0.147. The molecule has 24 heavy (non-hydrogen) atoms. The molecule has 130 valence electrons. The Balaban J connectivity index is 2.37. The SMILES string of the molecule is CCn1cc(C(=O)N(OC)C(C)c2cccc(I)c2)c(C(F)F)n1. The summed E-state index contributed by atoms with van der Waals surface area (Å²) in [6.07, 6.45) is -1.50. The molecule has 5 nitrogen and oxygen atoms in total. The summed E-state index contributed by atoms with van der Waals surface area (Å²) in [4.78, 5) is 17.9. The van der Waals surface area contributed by atoms with E-state index in [9.17, 15) is 13.6 Å². The van der Waals surface area contributed by atoms with Crippen LogP contribution in [0.4, 0.5) is 8.78 Å². The minimum atomic E-state index is -2.83. The first-order valence-electron chi connectivity index (χ1n) is 7.37. The summed E-state index contributed by atoms with van der Waals surface area (Å²) in [7, 11) is 1.34. The van der Waals surface area contributed by atoms with Crippen LogP contribution in [-0.4, -0.2) is 27.9 Å². The zero-order chi connectivity index (χ0) is 17.9. The fourth-order valence-corrected chi connectivity index (χ4v) is 2.93. The van der Waals surface area contributed by atoms with Gasteiger partial charge in [0.05, 0.1) is 18.7 Å². The van der Waals surface area contributed by atoms with E-state index in [1.54, 1.807) is 13.8 Å². The normalized spacial score (nSPS) is 12.5. The number of hydroxylamine groups is 2. The van der Waals surface area contributed by atoms with Crippen molar-refractivity contribution in [1.29, 1.82) is 0 Å². The highest BCUT2D eigenvalue weighted by molar-refractivity contribution is 14.1. The third-order valence-electron chi connectivity index (χ3n) is 3.63. The fourth-order valence-electron chi connectivity index (χ4n) is 2.36. The highest BCUT2D eigenvalue weighted by Gasteiger charge is 2.30. The van der Waals surface area contributed by atoms with Crippen LogP contribution in [0.25, 0.3) is 0 Å². The van der Waals surface area contributed by atoms with Crippen molar-refractivity contribution in [1.82, 2.24) is 14.8 Å². The van der Waals surface area contributed by atoms with E-state index in [0.717, 1.165) is 14.2 Å². The summed E-state index contributed by atoms with van der Waals surface area (Å²) >= 11 is 2.17.